The molecule has 0 aliphatic rings. The van der Waals surface area contributed by atoms with E-state index in [1.165, 1.54) is 7.11 Å². The van der Waals surface area contributed by atoms with E-state index in [0.29, 0.717) is 33.0 Å². The molecule has 3 atom stereocenters. The van der Waals surface area contributed by atoms with Gasteiger partial charge in [0.15, 0.2) is 0 Å². The number of benzene rings is 4. The van der Waals surface area contributed by atoms with Crippen LogP contribution < -0.4 is 5.32 Å². The van der Waals surface area contributed by atoms with Gasteiger partial charge in [-0.1, -0.05) is 121 Å². The lowest BCUT2D eigenvalue weighted by Crippen LogP contribution is -2.55. The molecule has 0 aliphatic heterocycles. The summed E-state index contributed by atoms with van der Waals surface area (Å²) >= 11 is 0. The molecule has 0 heterocycles. The molecule has 0 unspecified atom stereocenters. The Labute approximate surface area is 267 Å². The van der Waals surface area contributed by atoms with E-state index in [9.17, 15) is 4.79 Å². The average Bonchev–Trinajstić information content (AvgIpc) is 3.09. The molecular weight excluding hydrogens is 566 g/mol. The Bertz CT molecular complexity index is 1370. The molecule has 45 heavy (non-hydrogen) atoms. The summed E-state index contributed by atoms with van der Waals surface area (Å²) in [5.41, 5.74) is 3.22. The first-order valence-electron chi connectivity index (χ1n) is 15.4. The van der Waals surface area contributed by atoms with E-state index >= 15 is 0 Å². The van der Waals surface area contributed by atoms with Gasteiger partial charge in [-0.15, -0.1) is 0 Å². The first-order chi connectivity index (χ1) is 21.9. The van der Waals surface area contributed by atoms with Crippen LogP contribution in [0.2, 0.25) is 0 Å². The summed E-state index contributed by atoms with van der Waals surface area (Å²) in [6.07, 6.45) is -1.57. The van der Waals surface area contributed by atoms with Gasteiger partial charge < -0.3 is 23.7 Å². The molecule has 0 aromatic heterocycles. The molecule has 0 bridgehead atoms. The molecule has 0 aliphatic carbocycles. The molecule has 7 heteroatoms. The zero-order chi connectivity index (χ0) is 31.7. The maximum absolute atomic E-state index is 12.6. The van der Waals surface area contributed by atoms with Crippen molar-refractivity contribution in [3.63, 3.8) is 0 Å². The number of hydrogen-bond donors (Lipinski definition) is 1. The predicted molar refractivity (Wildman–Crippen MR) is 175 cm³/mol. The second-order valence-electron chi connectivity index (χ2n) is 11.4. The van der Waals surface area contributed by atoms with Crippen molar-refractivity contribution in [1.29, 1.82) is 0 Å². The zero-order valence-electron chi connectivity index (χ0n) is 26.5. The Morgan fingerprint density at radius 3 is 1.44 bits per heavy atom. The molecular formula is C38H45NO6. The topological polar surface area (TPSA) is 75.3 Å². The number of carbonyl (C=O) groups is 1. The van der Waals surface area contributed by atoms with Gasteiger partial charge in [0.25, 0.3) is 0 Å². The Hall–Kier alpha value is -3.85. The van der Waals surface area contributed by atoms with Crippen LogP contribution in [0.5, 0.6) is 0 Å². The van der Waals surface area contributed by atoms with E-state index in [0.717, 1.165) is 22.3 Å². The minimum absolute atomic E-state index is 0.271. The van der Waals surface area contributed by atoms with Gasteiger partial charge in [-0.25, -0.2) is 0 Å². The molecule has 0 amide bonds. The van der Waals surface area contributed by atoms with Crippen molar-refractivity contribution in [3.05, 3.63) is 144 Å². The fraction of sp³-hybridized carbons (Fsp3) is 0.342. The van der Waals surface area contributed by atoms with E-state index in [4.69, 9.17) is 23.7 Å². The highest BCUT2D eigenvalue weighted by Crippen LogP contribution is 2.20. The highest BCUT2D eigenvalue weighted by atomic mass is 16.6. The standard InChI is InChI=1S/C38H45NO6/c1-38(2,37(40)41-3)39-24-34(43-26-31-18-10-5-11-19-31)36(45-28-33-22-14-7-15-23-33)35(44-27-32-20-12-6-13-21-32)29-42-25-30-16-8-4-9-17-30/h4-23,34-36,39H,24-29H2,1-3H3/t34-,35+,36-/m0/s1. The van der Waals surface area contributed by atoms with E-state index in [2.05, 4.69) is 5.32 Å². The molecule has 0 radical (unpaired) electrons. The minimum atomic E-state index is -0.947. The lowest BCUT2D eigenvalue weighted by atomic mass is 10.0. The van der Waals surface area contributed by atoms with Crippen LogP contribution in [0.15, 0.2) is 121 Å². The molecule has 1 N–H and O–H groups in total. The number of ether oxygens (including phenoxy) is 5. The summed E-state index contributed by atoms with van der Waals surface area (Å²) in [7, 11) is 1.39. The van der Waals surface area contributed by atoms with Gasteiger partial charge in [0.05, 0.1) is 46.2 Å². The summed E-state index contributed by atoms with van der Waals surface area (Å²) in [5.74, 6) is -0.367. The normalized spacial score (nSPS) is 13.6. The molecule has 0 saturated heterocycles. The third kappa shape index (κ3) is 11.5. The molecule has 4 rings (SSSR count). The van der Waals surface area contributed by atoms with E-state index in [-0.39, 0.29) is 12.6 Å². The minimum Gasteiger partial charge on any atom is -0.468 e. The number of rotatable bonds is 19. The summed E-state index contributed by atoms with van der Waals surface area (Å²) in [6.45, 7) is 5.66. The van der Waals surface area contributed by atoms with Crippen LogP contribution in [-0.4, -0.2) is 50.1 Å². The summed E-state index contributed by atoms with van der Waals surface area (Å²) in [6, 6.07) is 40.1. The van der Waals surface area contributed by atoms with Crippen LogP contribution in [0.25, 0.3) is 0 Å². The number of methoxy groups -OCH3 is 1. The number of carbonyl (C=O) groups excluding carboxylic acids is 1. The summed E-state index contributed by atoms with van der Waals surface area (Å²) in [5, 5.41) is 3.36. The number of esters is 1. The Morgan fingerprint density at radius 1 is 0.600 bits per heavy atom. The monoisotopic (exact) mass is 611 g/mol. The quantitative estimate of drug-likeness (QED) is 0.121. The highest BCUT2D eigenvalue weighted by molar-refractivity contribution is 5.79. The Kier molecular flexibility index (Phi) is 13.8. The van der Waals surface area contributed by atoms with Crippen molar-refractivity contribution in [1.82, 2.24) is 5.32 Å². The molecule has 0 spiro atoms. The van der Waals surface area contributed by atoms with Crippen LogP contribution >= 0.6 is 0 Å². The highest BCUT2D eigenvalue weighted by Gasteiger charge is 2.36. The van der Waals surface area contributed by atoms with Gasteiger partial charge in [-0.2, -0.15) is 0 Å². The van der Waals surface area contributed by atoms with Crippen LogP contribution in [0.4, 0.5) is 0 Å². The van der Waals surface area contributed by atoms with Gasteiger partial charge in [-0.05, 0) is 36.1 Å². The maximum Gasteiger partial charge on any atom is 0.325 e. The smallest absolute Gasteiger partial charge is 0.325 e. The second-order valence-corrected chi connectivity index (χ2v) is 11.4. The van der Waals surface area contributed by atoms with E-state index in [1.54, 1.807) is 13.8 Å². The first kappa shape index (κ1) is 34.0. The van der Waals surface area contributed by atoms with Crippen molar-refractivity contribution in [2.45, 2.75) is 64.1 Å². The molecule has 238 valence electrons. The van der Waals surface area contributed by atoms with Crippen molar-refractivity contribution < 1.29 is 28.5 Å². The largest absolute Gasteiger partial charge is 0.468 e. The first-order valence-corrected chi connectivity index (χ1v) is 15.4. The zero-order valence-corrected chi connectivity index (χ0v) is 26.5. The van der Waals surface area contributed by atoms with Gasteiger partial charge >= 0.3 is 5.97 Å². The van der Waals surface area contributed by atoms with Crippen molar-refractivity contribution in [3.8, 4) is 0 Å². The fourth-order valence-electron chi connectivity index (χ4n) is 4.83. The lowest BCUT2D eigenvalue weighted by molar-refractivity contribution is -0.169. The molecule has 4 aromatic rings. The summed E-state index contributed by atoms with van der Waals surface area (Å²) < 4.78 is 31.2. The Morgan fingerprint density at radius 2 is 1.00 bits per heavy atom. The van der Waals surface area contributed by atoms with Gasteiger partial charge in [0, 0.05) is 6.54 Å². The van der Waals surface area contributed by atoms with Crippen molar-refractivity contribution in [2.24, 2.45) is 0 Å². The number of nitrogens with one attached hydrogen (secondary N) is 1. The molecule has 4 aromatic carbocycles. The van der Waals surface area contributed by atoms with E-state index in [1.807, 2.05) is 121 Å². The van der Waals surface area contributed by atoms with Gasteiger partial charge in [-0.3, -0.25) is 10.1 Å². The van der Waals surface area contributed by atoms with E-state index < -0.39 is 23.9 Å². The van der Waals surface area contributed by atoms with Crippen molar-refractivity contribution >= 4 is 5.97 Å². The molecule has 0 fully saturated rings. The van der Waals surface area contributed by atoms with Crippen LogP contribution in [-0.2, 0) is 54.9 Å². The summed E-state index contributed by atoms with van der Waals surface area (Å²) in [4.78, 5) is 12.6. The van der Waals surface area contributed by atoms with Crippen molar-refractivity contribution in [2.75, 3.05) is 20.3 Å². The van der Waals surface area contributed by atoms with Crippen LogP contribution in [0.1, 0.15) is 36.1 Å². The maximum atomic E-state index is 12.6. The SMILES string of the molecule is COC(=O)C(C)(C)NC[C@H](OCc1ccccc1)[C@H](OCc1ccccc1)[C@@H](COCc1ccccc1)OCc1ccccc1. The molecule has 7 nitrogen and oxygen atoms in total. The van der Waals surface area contributed by atoms with Crippen LogP contribution in [0, 0.1) is 0 Å². The predicted octanol–water partition coefficient (Wildman–Crippen LogP) is 6.50. The average molecular weight is 612 g/mol. The third-order valence-electron chi connectivity index (χ3n) is 7.47. The Balaban J connectivity index is 1.62. The third-order valence-corrected chi connectivity index (χ3v) is 7.47. The van der Waals surface area contributed by atoms with Crippen LogP contribution in [0.3, 0.4) is 0 Å². The molecule has 0 saturated carbocycles. The second kappa shape index (κ2) is 18.2. The van der Waals surface area contributed by atoms with Gasteiger partial charge in [0.1, 0.15) is 17.7 Å². The number of hydrogen-bond acceptors (Lipinski definition) is 7. The van der Waals surface area contributed by atoms with Gasteiger partial charge in [0.2, 0.25) is 0 Å². The fourth-order valence-corrected chi connectivity index (χ4v) is 4.83. The lowest BCUT2D eigenvalue weighted by Gasteiger charge is -2.35.